The van der Waals surface area contributed by atoms with Crippen LogP contribution in [0.4, 0.5) is 4.39 Å². The van der Waals surface area contributed by atoms with Crippen LogP contribution in [0.3, 0.4) is 0 Å². The highest BCUT2D eigenvalue weighted by Crippen LogP contribution is 2.19. The number of rotatable bonds is 5. The molecule has 7 heteroatoms. The molecule has 0 fully saturated rings. The van der Waals surface area contributed by atoms with Gasteiger partial charge in [-0.15, -0.1) is 0 Å². The van der Waals surface area contributed by atoms with Crippen molar-refractivity contribution in [1.29, 1.82) is 0 Å². The van der Waals surface area contributed by atoms with E-state index in [1.54, 1.807) is 12.1 Å². The van der Waals surface area contributed by atoms with Gasteiger partial charge in [-0.2, -0.15) is 0 Å². The summed E-state index contributed by atoms with van der Waals surface area (Å²) < 4.78 is 19.6. The molecule has 0 saturated heterocycles. The highest BCUT2D eigenvalue weighted by Gasteiger charge is 2.11. The molecular weight excluding hydrogens is 361 g/mol. The average molecular weight is 377 g/mol. The molecule has 0 spiro atoms. The fourth-order valence-corrected chi connectivity index (χ4v) is 2.90. The van der Waals surface area contributed by atoms with E-state index in [0.717, 1.165) is 11.6 Å². The third-order valence-corrected chi connectivity index (χ3v) is 4.20. The maximum atomic E-state index is 14.0. The first kappa shape index (κ1) is 17.7. The summed E-state index contributed by atoms with van der Waals surface area (Å²) in [7, 11) is 0. The van der Waals surface area contributed by atoms with Crippen molar-refractivity contribution in [2.45, 2.75) is 6.42 Å². The van der Waals surface area contributed by atoms with Crippen LogP contribution in [0.1, 0.15) is 16.2 Å². The van der Waals surface area contributed by atoms with Gasteiger partial charge >= 0.3 is 0 Å². The summed E-state index contributed by atoms with van der Waals surface area (Å²) >= 11 is 0. The van der Waals surface area contributed by atoms with E-state index in [0.29, 0.717) is 35.7 Å². The molecule has 2 heterocycles. The topological polar surface area (TPSA) is 88.0 Å². The molecule has 0 atom stereocenters. The summed E-state index contributed by atoms with van der Waals surface area (Å²) in [5.74, 6) is -0.468. The summed E-state index contributed by atoms with van der Waals surface area (Å²) in [5, 5.41) is 2.73. The molecule has 0 aliphatic rings. The Labute approximate surface area is 159 Å². The Kier molecular flexibility index (Phi) is 4.72. The second-order valence-electron chi connectivity index (χ2n) is 6.24. The largest absolute Gasteiger partial charge is 0.441 e. The number of benzene rings is 2. The maximum absolute atomic E-state index is 14.0. The van der Waals surface area contributed by atoms with Gasteiger partial charge < -0.3 is 14.7 Å². The van der Waals surface area contributed by atoms with Crippen molar-refractivity contribution >= 4 is 17.0 Å². The summed E-state index contributed by atoms with van der Waals surface area (Å²) in [6.45, 7) is 0.291. The van der Waals surface area contributed by atoms with E-state index < -0.39 is 11.7 Å². The van der Waals surface area contributed by atoms with Crippen molar-refractivity contribution < 1.29 is 13.6 Å². The van der Waals surface area contributed by atoms with Gasteiger partial charge in [0.25, 0.3) is 5.91 Å². The maximum Gasteiger partial charge on any atom is 0.251 e. The van der Waals surface area contributed by atoms with Gasteiger partial charge in [-0.25, -0.2) is 9.37 Å². The van der Waals surface area contributed by atoms with Crippen molar-refractivity contribution in [3.63, 3.8) is 0 Å². The molecule has 6 nitrogen and oxygen atoms in total. The number of hydrogen-bond acceptors (Lipinski definition) is 4. The monoisotopic (exact) mass is 377 g/mol. The van der Waals surface area contributed by atoms with Crippen LogP contribution >= 0.6 is 0 Å². The smallest absolute Gasteiger partial charge is 0.251 e. The molecule has 0 aliphatic carbocycles. The van der Waals surface area contributed by atoms with E-state index in [4.69, 9.17) is 4.42 Å². The minimum Gasteiger partial charge on any atom is -0.441 e. The Morgan fingerprint density at radius 2 is 1.96 bits per heavy atom. The van der Waals surface area contributed by atoms with Gasteiger partial charge in [-0.3, -0.25) is 9.59 Å². The van der Waals surface area contributed by atoms with Crippen LogP contribution in [0.5, 0.6) is 0 Å². The zero-order chi connectivity index (χ0) is 19.5. The fraction of sp³-hybridized carbons (Fsp3) is 0.0952. The van der Waals surface area contributed by atoms with E-state index in [9.17, 15) is 14.0 Å². The molecule has 2 N–H and O–H groups in total. The predicted octanol–water partition coefficient (Wildman–Crippen LogP) is 3.29. The molecule has 0 aliphatic heterocycles. The third-order valence-electron chi connectivity index (χ3n) is 4.20. The Balaban J connectivity index is 1.46. The zero-order valence-corrected chi connectivity index (χ0v) is 14.7. The number of fused-ring (bicyclic) bond motifs is 1. The van der Waals surface area contributed by atoms with E-state index in [1.165, 1.54) is 18.2 Å². The van der Waals surface area contributed by atoms with E-state index >= 15 is 0 Å². The van der Waals surface area contributed by atoms with Crippen LogP contribution in [0, 0.1) is 5.82 Å². The number of aromatic amines is 1. The Morgan fingerprint density at radius 3 is 2.79 bits per heavy atom. The summed E-state index contributed by atoms with van der Waals surface area (Å²) in [5.41, 5.74) is 2.17. The van der Waals surface area contributed by atoms with Crippen LogP contribution in [0.2, 0.25) is 0 Å². The number of carbonyl (C=O) groups is 1. The van der Waals surface area contributed by atoms with Crippen molar-refractivity contribution in [3.8, 4) is 11.3 Å². The molecular formula is C21H16FN3O3. The second kappa shape index (κ2) is 7.48. The zero-order valence-electron chi connectivity index (χ0n) is 14.7. The van der Waals surface area contributed by atoms with Crippen molar-refractivity contribution in [2.75, 3.05) is 6.54 Å². The van der Waals surface area contributed by atoms with Crippen molar-refractivity contribution in [1.82, 2.24) is 15.3 Å². The van der Waals surface area contributed by atoms with Crippen LogP contribution in [0.15, 0.2) is 69.9 Å². The van der Waals surface area contributed by atoms with Gasteiger partial charge in [0.15, 0.2) is 11.5 Å². The number of nitrogens with one attached hydrogen (secondary N) is 2. The molecule has 0 bridgehead atoms. The first-order valence-electron chi connectivity index (χ1n) is 8.71. The molecule has 1 amide bonds. The Morgan fingerprint density at radius 1 is 1.11 bits per heavy atom. The van der Waals surface area contributed by atoms with Gasteiger partial charge in [-0.1, -0.05) is 18.2 Å². The van der Waals surface area contributed by atoms with Crippen LogP contribution in [0.25, 0.3) is 22.4 Å². The van der Waals surface area contributed by atoms with Gasteiger partial charge in [-0.05, 0) is 36.4 Å². The number of oxazole rings is 1. The number of amides is 1. The first-order chi connectivity index (χ1) is 13.6. The van der Waals surface area contributed by atoms with Crippen molar-refractivity contribution in [2.24, 2.45) is 0 Å². The molecule has 2 aromatic carbocycles. The van der Waals surface area contributed by atoms with Gasteiger partial charge in [0.2, 0.25) is 5.56 Å². The van der Waals surface area contributed by atoms with Crippen LogP contribution in [-0.2, 0) is 6.42 Å². The molecule has 0 unspecified atom stereocenters. The lowest BCUT2D eigenvalue weighted by Gasteiger charge is -2.07. The average Bonchev–Trinajstić information content (AvgIpc) is 3.10. The standard InChI is InChI=1S/C21H16FN3O3/c22-15-11-13(16-5-3-7-19(26)24-16)10-14(12-15)21(27)23-9-8-20-25-17-4-1-2-6-18(17)28-20/h1-7,10-12H,8-9H2,(H,23,27)(H,24,26). The minimum absolute atomic E-state index is 0.164. The highest BCUT2D eigenvalue weighted by molar-refractivity contribution is 5.95. The van der Waals surface area contributed by atoms with Crippen LogP contribution < -0.4 is 10.9 Å². The lowest BCUT2D eigenvalue weighted by atomic mass is 10.1. The second-order valence-corrected chi connectivity index (χ2v) is 6.24. The normalized spacial score (nSPS) is 10.9. The van der Waals surface area contributed by atoms with Crippen molar-refractivity contribution in [3.05, 3.63) is 88.3 Å². The number of para-hydroxylation sites is 2. The third kappa shape index (κ3) is 3.83. The van der Waals surface area contributed by atoms with Gasteiger partial charge in [0, 0.05) is 35.9 Å². The lowest BCUT2D eigenvalue weighted by molar-refractivity contribution is 0.0953. The number of halogens is 1. The quantitative estimate of drug-likeness (QED) is 0.559. The number of aromatic nitrogens is 2. The van der Waals surface area contributed by atoms with Gasteiger partial charge in [0.1, 0.15) is 11.3 Å². The summed E-state index contributed by atoms with van der Waals surface area (Å²) in [4.78, 5) is 30.8. The summed E-state index contributed by atoms with van der Waals surface area (Å²) in [6.07, 6.45) is 0.411. The minimum atomic E-state index is -0.564. The molecule has 2 aromatic heterocycles. The number of H-pyrrole nitrogens is 1. The molecule has 0 radical (unpaired) electrons. The highest BCUT2D eigenvalue weighted by atomic mass is 19.1. The van der Waals surface area contributed by atoms with E-state index in [-0.39, 0.29) is 11.1 Å². The Hall–Kier alpha value is -3.74. The number of nitrogens with zero attached hydrogens (tertiary/aromatic N) is 1. The fourth-order valence-electron chi connectivity index (χ4n) is 2.90. The van der Waals surface area contributed by atoms with E-state index in [1.807, 2.05) is 24.3 Å². The molecule has 140 valence electrons. The number of hydrogen-bond donors (Lipinski definition) is 2. The van der Waals surface area contributed by atoms with E-state index in [2.05, 4.69) is 15.3 Å². The summed E-state index contributed by atoms with van der Waals surface area (Å²) in [6, 6.07) is 15.9. The molecule has 0 saturated carbocycles. The molecule has 28 heavy (non-hydrogen) atoms. The molecule has 4 rings (SSSR count). The molecule has 4 aromatic rings. The first-order valence-corrected chi connectivity index (χ1v) is 8.71. The number of carbonyl (C=O) groups excluding carboxylic acids is 1. The predicted molar refractivity (Wildman–Crippen MR) is 103 cm³/mol. The van der Waals surface area contributed by atoms with Crippen LogP contribution in [-0.4, -0.2) is 22.4 Å². The SMILES string of the molecule is O=C(NCCc1nc2ccccc2o1)c1cc(F)cc(-c2cccc(=O)[nH]2)c1. The van der Waals surface area contributed by atoms with Gasteiger partial charge in [0.05, 0.1) is 0 Å². The lowest BCUT2D eigenvalue weighted by Crippen LogP contribution is -2.26. The number of pyridine rings is 1. The Bertz CT molecular complexity index is 1180.